The maximum atomic E-state index is 11.5. The van der Waals surface area contributed by atoms with E-state index in [4.69, 9.17) is 9.84 Å². The predicted octanol–water partition coefficient (Wildman–Crippen LogP) is 0.559. The molecule has 0 bridgehead atoms. The molecule has 0 fully saturated rings. The van der Waals surface area contributed by atoms with Crippen LogP contribution in [-0.2, 0) is 14.3 Å². The molecule has 0 rings (SSSR count). The van der Waals surface area contributed by atoms with Crippen molar-refractivity contribution in [2.45, 2.75) is 39.2 Å². The van der Waals surface area contributed by atoms with Gasteiger partial charge in [0.25, 0.3) is 0 Å². The summed E-state index contributed by atoms with van der Waals surface area (Å²) in [6, 6.07) is 0. The van der Waals surface area contributed by atoms with Gasteiger partial charge in [-0.2, -0.15) is 0 Å². The van der Waals surface area contributed by atoms with Crippen molar-refractivity contribution in [2.75, 3.05) is 20.2 Å². The molecule has 0 aromatic rings. The fourth-order valence-electron chi connectivity index (χ4n) is 1.14. The molecule has 0 aliphatic carbocycles. The number of aliphatic hydroxyl groups is 1. The summed E-state index contributed by atoms with van der Waals surface area (Å²) in [5, 5.41) is 9.03. The Labute approximate surface area is 96.4 Å². The number of carbonyl (C=O) groups excluding carboxylic acids is 2. The number of esters is 1. The number of ether oxygens (including phenoxy) is 1. The smallest absolute Gasteiger partial charge is 0.307 e. The second-order valence-corrected chi connectivity index (χ2v) is 3.76. The maximum absolute atomic E-state index is 11.5. The lowest BCUT2D eigenvalue weighted by atomic mass is 10.2. The van der Waals surface area contributed by atoms with Crippen molar-refractivity contribution in [3.05, 3.63) is 0 Å². The second-order valence-electron chi connectivity index (χ2n) is 3.76. The van der Waals surface area contributed by atoms with Crippen molar-refractivity contribution in [2.24, 2.45) is 0 Å². The van der Waals surface area contributed by atoms with Crippen molar-refractivity contribution in [3.63, 3.8) is 0 Å². The highest BCUT2D eigenvalue weighted by Crippen LogP contribution is 2.01. The van der Waals surface area contributed by atoms with Gasteiger partial charge >= 0.3 is 5.97 Å². The highest BCUT2D eigenvalue weighted by molar-refractivity contribution is 5.77. The zero-order valence-electron chi connectivity index (χ0n) is 10.2. The first-order valence-electron chi connectivity index (χ1n) is 5.55. The fraction of sp³-hybridized carbons (Fsp3) is 0.818. The molecule has 1 amide bonds. The van der Waals surface area contributed by atoms with Gasteiger partial charge in [-0.05, 0) is 20.3 Å². The minimum atomic E-state index is -0.470. The minimum absolute atomic E-state index is 0.0646. The first kappa shape index (κ1) is 14.9. The van der Waals surface area contributed by atoms with Crippen LogP contribution in [-0.4, -0.2) is 48.2 Å². The van der Waals surface area contributed by atoms with Gasteiger partial charge in [-0.15, -0.1) is 0 Å². The molecule has 0 radical (unpaired) electrons. The van der Waals surface area contributed by atoms with Gasteiger partial charge in [-0.1, -0.05) is 0 Å². The van der Waals surface area contributed by atoms with E-state index in [1.165, 1.54) is 4.90 Å². The van der Waals surface area contributed by atoms with Gasteiger partial charge in [-0.25, -0.2) is 0 Å². The summed E-state index contributed by atoms with van der Waals surface area (Å²) in [5.74, 6) is -0.358. The number of rotatable bonds is 7. The average molecular weight is 231 g/mol. The van der Waals surface area contributed by atoms with Crippen LogP contribution < -0.4 is 0 Å². The van der Waals surface area contributed by atoms with E-state index in [1.807, 2.05) is 0 Å². The van der Waals surface area contributed by atoms with E-state index < -0.39 is 6.10 Å². The third kappa shape index (κ3) is 7.23. The Bertz CT molecular complexity index is 228. The first-order chi connectivity index (χ1) is 7.47. The number of hydrogen-bond donors (Lipinski definition) is 1. The number of hydrogen-bond acceptors (Lipinski definition) is 4. The van der Waals surface area contributed by atoms with Gasteiger partial charge in [0, 0.05) is 20.0 Å². The molecular formula is C11H21NO4. The van der Waals surface area contributed by atoms with Gasteiger partial charge in [0.05, 0.1) is 19.1 Å². The Kier molecular flexibility index (Phi) is 7.54. The number of carbonyl (C=O) groups is 2. The molecule has 1 N–H and O–H groups in total. The molecule has 1 atom stereocenters. The van der Waals surface area contributed by atoms with E-state index in [-0.39, 0.29) is 18.3 Å². The maximum Gasteiger partial charge on any atom is 0.307 e. The molecule has 5 nitrogen and oxygen atoms in total. The number of amides is 1. The summed E-state index contributed by atoms with van der Waals surface area (Å²) < 4.78 is 4.75. The fourth-order valence-corrected chi connectivity index (χ4v) is 1.14. The molecule has 16 heavy (non-hydrogen) atoms. The molecule has 1 unspecified atom stereocenters. The summed E-state index contributed by atoms with van der Waals surface area (Å²) in [7, 11) is 1.64. The van der Waals surface area contributed by atoms with Gasteiger partial charge in [0.2, 0.25) is 5.91 Å². The van der Waals surface area contributed by atoms with Crippen LogP contribution in [0.1, 0.15) is 33.1 Å². The summed E-state index contributed by atoms with van der Waals surface area (Å²) in [5.41, 5.74) is 0. The van der Waals surface area contributed by atoms with Crippen LogP contribution in [0, 0.1) is 0 Å². The van der Waals surface area contributed by atoms with Crippen LogP contribution in [0.25, 0.3) is 0 Å². The Hall–Kier alpha value is -1.10. The van der Waals surface area contributed by atoms with Crippen molar-refractivity contribution in [3.8, 4) is 0 Å². The van der Waals surface area contributed by atoms with Crippen molar-refractivity contribution >= 4 is 11.9 Å². The Balaban J connectivity index is 3.74. The lowest BCUT2D eigenvalue weighted by Crippen LogP contribution is -2.29. The summed E-state index contributed by atoms with van der Waals surface area (Å²) in [6.07, 6.45) is 0.493. The predicted molar refractivity (Wildman–Crippen MR) is 59.8 cm³/mol. The van der Waals surface area contributed by atoms with E-state index in [1.54, 1.807) is 20.9 Å². The quantitative estimate of drug-likeness (QED) is 0.650. The van der Waals surface area contributed by atoms with E-state index in [0.717, 1.165) is 0 Å². The van der Waals surface area contributed by atoms with Gasteiger partial charge < -0.3 is 14.7 Å². The number of nitrogens with zero attached hydrogens (tertiary/aromatic N) is 1. The zero-order valence-corrected chi connectivity index (χ0v) is 10.2. The van der Waals surface area contributed by atoms with Crippen LogP contribution in [0.2, 0.25) is 0 Å². The molecule has 0 aliphatic rings. The lowest BCUT2D eigenvalue weighted by Gasteiger charge is -2.16. The number of aliphatic hydroxyl groups excluding tert-OH is 1. The first-order valence-corrected chi connectivity index (χ1v) is 5.55. The molecule has 5 heteroatoms. The van der Waals surface area contributed by atoms with Crippen LogP contribution in [0.4, 0.5) is 0 Å². The highest BCUT2D eigenvalue weighted by Gasteiger charge is 2.11. The van der Waals surface area contributed by atoms with Gasteiger partial charge in [0.15, 0.2) is 0 Å². The van der Waals surface area contributed by atoms with E-state index in [2.05, 4.69) is 0 Å². The minimum Gasteiger partial charge on any atom is -0.466 e. The molecule has 0 saturated carbocycles. The lowest BCUT2D eigenvalue weighted by molar-refractivity contribution is -0.143. The molecular weight excluding hydrogens is 210 g/mol. The third-order valence-corrected chi connectivity index (χ3v) is 2.16. The van der Waals surface area contributed by atoms with Crippen LogP contribution >= 0.6 is 0 Å². The topological polar surface area (TPSA) is 66.8 Å². The average Bonchev–Trinajstić information content (AvgIpc) is 2.22. The monoisotopic (exact) mass is 231 g/mol. The molecule has 0 aromatic carbocycles. The summed E-state index contributed by atoms with van der Waals surface area (Å²) >= 11 is 0. The highest BCUT2D eigenvalue weighted by atomic mass is 16.5. The van der Waals surface area contributed by atoms with Crippen LogP contribution in [0.5, 0.6) is 0 Å². The van der Waals surface area contributed by atoms with E-state index >= 15 is 0 Å². The molecule has 0 aliphatic heterocycles. The van der Waals surface area contributed by atoms with Gasteiger partial charge in [0.1, 0.15) is 0 Å². The summed E-state index contributed by atoms with van der Waals surface area (Å²) in [4.78, 5) is 24.0. The van der Waals surface area contributed by atoms with Crippen LogP contribution in [0.15, 0.2) is 0 Å². The van der Waals surface area contributed by atoms with Crippen molar-refractivity contribution in [1.29, 1.82) is 0 Å². The molecule has 94 valence electrons. The van der Waals surface area contributed by atoms with Gasteiger partial charge in [-0.3, -0.25) is 9.59 Å². The SMILES string of the molecule is CCOC(=O)CCN(C)C(=O)CCC(C)O. The Morgan fingerprint density at radius 3 is 2.50 bits per heavy atom. The van der Waals surface area contributed by atoms with Crippen molar-refractivity contribution < 1.29 is 19.4 Å². The largest absolute Gasteiger partial charge is 0.466 e. The normalized spacial score (nSPS) is 12.0. The molecule has 0 spiro atoms. The third-order valence-electron chi connectivity index (χ3n) is 2.16. The molecule has 0 saturated heterocycles. The van der Waals surface area contributed by atoms with E-state index in [0.29, 0.717) is 26.0 Å². The molecule has 0 heterocycles. The Morgan fingerprint density at radius 1 is 1.38 bits per heavy atom. The van der Waals surface area contributed by atoms with E-state index in [9.17, 15) is 9.59 Å². The van der Waals surface area contributed by atoms with Crippen LogP contribution in [0.3, 0.4) is 0 Å². The second kappa shape index (κ2) is 8.10. The molecule has 0 aromatic heterocycles. The standard InChI is InChI=1S/C11H21NO4/c1-4-16-11(15)7-8-12(3)10(14)6-5-9(2)13/h9,13H,4-8H2,1-3H3. The Morgan fingerprint density at radius 2 is 2.00 bits per heavy atom. The van der Waals surface area contributed by atoms with Crippen molar-refractivity contribution in [1.82, 2.24) is 4.90 Å². The summed E-state index contributed by atoms with van der Waals surface area (Å²) in [6.45, 7) is 4.11. The zero-order chi connectivity index (χ0) is 12.6.